The Hall–Kier alpha value is -0.620. The number of anilines is 1. The zero-order valence-corrected chi connectivity index (χ0v) is 13.7. The Morgan fingerprint density at radius 2 is 1.61 bits per heavy atom. The molecule has 2 nitrogen and oxygen atoms in total. The van der Waals surface area contributed by atoms with E-state index in [1.54, 1.807) is 0 Å². The van der Waals surface area contributed by atoms with E-state index in [1.165, 1.54) is 0 Å². The van der Waals surface area contributed by atoms with Crippen molar-refractivity contribution in [1.29, 1.82) is 0 Å². The van der Waals surface area contributed by atoms with E-state index in [1.807, 2.05) is 0 Å². The van der Waals surface area contributed by atoms with Crippen LogP contribution in [0.3, 0.4) is 0 Å². The molecule has 1 aromatic rings. The molecule has 0 radical (unpaired) electrons. The topological polar surface area (TPSA) is 24.9 Å². The average molecular weight is 266 g/mol. The van der Waals surface area contributed by atoms with Crippen LogP contribution in [-0.2, 0) is 6.42 Å². The predicted molar refractivity (Wildman–Crippen MR) is 83.7 cm³/mol. The van der Waals surface area contributed by atoms with Crippen molar-refractivity contribution >= 4 is 13.9 Å². The Morgan fingerprint density at radius 3 is 2.06 bits per heavy atom. The summed E-state index contributed by atoms with van der Waals surface area (Å²) in [6.45, 7) is 16.0. The first kappa shape index (κ1) is 15.4. The lowest BCUT2D eigenvalue weighted by Crippen LogP contribution is -2.29. The summed E-state index contributed by atoms with van der Waals surface area (Å²) in [5.41, 5.74) is 1.15. The highest BCUT2D eigenvalue weighted by Gasteiger charge is 2.34. The largest absolute Gasteiger partial charge is 0.348 e. The Bertz CT molecular complexity index is 374. The van der Waals surface area contributed by atoms with Gasteiger partial charge in [-0.05, 0) is 18.6 Å². The van der Waals surface area contributed by atoms with Gasteiger partial charge in [0.15, 0.2) is 0 Å². The normalized spacial score (nSPS) is 12.9. The third kappa shape index (κ3) is 4.24. The summed E-state index contributed by atoms with van der Waals surface area (Å²) >= 11 is 0. The highest BCUT2D eigenvalue weighted by atomic mass is 31.1. The number of aryl methyl sites for hydroxylation is 1. The first-order valence-electron chi connectivity index (χ1n) is 6.67. The predicted octanol–water partition coefficient (Wildman–Crippen LogP) is 5.05. The van der Waals surface area contributed by atoms with Gasteiger partial charge >= 0.3 is 0 Å². The molecular formula is C15H27N2P. The highest BCUT2D eigenvalue weighted by molar-refractivity contribution is 7.62. The lowest BCUT2D eigenvalue weighted by atomic mass is 10.2. The van der Waals surface area contributed by atoms with Gasteiger partial charge in [-0.3, -0.25) is 0 Å². The molecule has 0 amide bonds. The third-order valence-corrected chi connectivity index (χ3v) is 5.87. The minimum atomic E-state index is -0.349. The Balaban J connectivity index is 2.97. The highest BCUT2D eigenvalue weighted by Crippen LogP contribution is 2.58. The molecule has 3 heteroatoms. The minimum absolute atomic E-state index is 0.261. The molecule has 0 saturated heterocycles. The minimum Gasteiger partial charge on any atom is -0.348 e. The van der Waals surface area contributed by atoms with Gasteiger partial charge in [-0.25, -0.2) is 4.98 Å². The molecule has 1 rings (SSSR count). The zero-order valence-electron chi connectivity index (χ0n) is 12.8. The van der Waals surface area contributed by atoms with Gasteiger partial charge in [-0.1, -0.05) is 54.5 Å². The molecule has 0 bridgehead atoms. The second-order valence-electron chi connectivity index (χ2n) is 6.66. The fraction of sp³-hybridized carbons (Fsp3) is 0.667. The molecule has 0 atom stereocenters. The van der Waals surface area contributed by atoms with E-state index < -0.39 is 0 Å². The van der Waals surface area contributed by atoms with E-state index in [-0.39, 0.29) is 18.4 Å². The Morgan fingerprint density at radius 1 is 1.06 bits per heavy atom. The van der Waals surface area contributed by atoms with Crippen molar-refractivity contribution in [2.45, 2.75) is 65.2 Å². The van der Waals surface area contributed by atoms with E-state index in [2.05, 4.69) is 76.7 Å². The second-order valence-corrected chi connectivity index (χ2v) is 10.2. The van der Waals surface area contributed by atoms with Crippen molar-refractivity contribution in [3.8, 4) is 0 Å². The van der Waals surface area contributed by atoms with Crippen molar-refractivity contribution in [3.05, 3.63) is 23.9 Å². The molecule has 0 aliphatic heterocycles. The van der Waals surface area contributed by atoms with E-state index in [4.69, 9.17) is 0 Å². The van der Waals surface area contributed by atoms with E-state index in [0.717, 1.165) is 17.9 Å². The first-order valence-corrected chi connectivity index (χ1v) is 8.01. The number of pyridine rings is 1. The summed E-state index contributed by atoms with van der Waals surface area (Å²) in [6.07, 6.45) is 0.985. The number of nitrogens with zero attached hydrogens (tertiary/aromatic N) is 1. The molecule has 102 valence electrons. The maximum Gasteiger partial charge on any atom is 0.129 e. The number of aromatic nitrogens is 1. The average Bonchev–Trinajstić information content (AvgIpc) is 2.23. The van der Waals surface area contributed by atoms with Crippen LogP contribution in [0.1, 0.15) is 54.2 Å². The summed E-state index contributed by atoms with van der Waals surface area (Å²) in [4.78, 5) is 4.66. The number of rotatable bonds is 3. The quantitative estimate of drug-likeness (QED) is 0.774. The summed E-state index contributed by atoms with van der Waals surface area (Å²) in [6, 6.07) is 6.25. The molecule has 0 fully saturated rings. The van der Waals surface area contributed by atoms with Gasteiger partial charge in [0.2, 0.25) is 0 Å². The molecule has 0 aromatic carbocycles. The standard InChI is InChI=1S/C15H27N2P/c1-8-12-10-9-11-13(16-12)17-18(14(2,3)4)15(5,6)7/h9-11H,8H2,1-7H3,(H,16,17). The number of hydrogen-bond donors (Lipinski definition) is 1. The lowest BCUT2D eigenvalue weighted by molar-refractivity contribution is 0.709. The monoisotopic (exact) mass is 266 g/mol. The van der Waals surface area contributed by atoms with Gasteiger partial charge in [-0.15, -0.1) is 0 Å². The van der Waals surface area contributed by atoms with Crippen LogP contribution in [0.4, 0.5) is 5.82 Å². The van der Waals surface area contributed by atoms with Crippen LogP contribution < -0.4 is 5.09 Å². The summed E-state index contributed by atoms with van der Waals surface area (Å²) in [5.74, 6) is 1.02. The Kier molecular flexibility index (Phi) is 4.78. The van der Waals surface area contributed by atoms with Crippen LogP contribution in [0.2, 0.25) is 0 Å². The molecular weight excluding hydrogens is 239 g/mol. The van der Waals surface area contributed by atoms with Crippen molar-refractivity contribution in [2.75, 3.05) is 5.09 Å². The lowest BCUT2D eigenvalue weighted by Gasteiger charge is -2.41. The third-order valence-electron chi connectivity index (χ3n) is 2.74. The molecule has 0 unspecified atom stereocenters. The molecule has 1 aromatic heterocycles. The molecule has 0 spiro atoms. The second kappa shape index (κ2) is 5.57. The van der Waals surface area contributed by atoms with E-state index in [0.29, 0.717) is 0 Å². The molecule has 18 heavy (non-hydrogen) atoms. The van der Waals surface area contributed by atoms with Crippen LogP contribution in [0.15, 0.2) is 18.2 Å². The van der Waals surface area contributed by atoms with Crippen LogP contribution in [0.5, 0.6) is 0 Å². The zero-order chi connectivity index (χ0) is 14.0. The van der Waals surface area contributed by atoms with Crippen LogP contribution in [0, 0.1) is 0 Å². The van der Waals surface area contributed by atoms with Gasteiger partial charge in [0.25, 0.3) is 0 Å². The van der Waals surface area contributed by atoms with Gasteiger partial charge in [0.1, 0.15) is 5.82 Å². The number of nitrogens with one attached hydrogen (secondary N) is 1. The summed E-state index contributed by atoms with van der Waals surface area (Å²) in [5, 5.41) is 4.21. The van der Waals surface area contributed by atoms with Crippen molar-refractivity contribution in [2.24, 2.45) is 0 Å². The van der Waals surface area contributed by atoms with Crippen molar-refractivity contribution in [1.82, 2.24) is 4.98 Å². The SMILES string of the molecule is CCc1cccc(NP(C(C)(C)C)C(C)(C)C)n1. The molecule has 1 N–H and O–H groups in total. The van der Waals surface area contributed by atoms with Crippen LogP contribution in [-0.4, -0.2) is 15.3 Å². The molecule has 0 aliphatic rings. The number of hydrogen-bond acceptors (Lipinski definition) is 2. The van der Waals surface area contributed by atoms with Crippen molar-refractivity contribution < 1.29 is 0 Å². The van der Waals surface area contributed by atoms with Gasteiger partial charge in [-0.2, -0.15) is 0 Å². The fourth-order valence-electron chi connectivity index (χ4n) is 2.19. The first-order chi connectivity index (χ1) is 8.14. The van der Waals surface area contributed by atoms with E-state index in [9.17, 15) is 0 Å². The Labute approximate surface area is 113 Å². The maximum absolute atomic E-state index is 4.66. The molecule has 1 heterocycles. The fourth-order valence-corrected chi connectivity index (χ4v) is 5.23. The van der Waals surface area contributed by atoms with Crippen LogP contribution >= 0.6 is 8.07 Å². The van der Waals surface area contributed by atoms with Gasteiger partial charge in [0.05, 0.1) is 0 Å². The summed E-state index contributed by atoms with van der Waals surface area (Å²) < 4.78 is 0. The van der Waals surface area contributed by atoms with Crippen molar-refractivity contribution in [3.63, 3.8) is 0 Å². The van der Waals surface area contributed by atoms with Gasteiger partial charge in [0, 0.05) is 24.1 Å². The molecule has 0 aliphatic carbocycles. The van der Waals surface area contributed by atoms with Crippen LogP contribution in [0.25, 0.3) is 0 Å². The molecule has 0 saturated carbocycles. The van der Waals surface area contributed by atoms with E-state index >= 15 is 0 Å². The maximum atomic E-state index is 4.66. The smallest absolute Gasteiger partial charge is 0.129 e. The van der Waals surface area contributed by atoms with Gasteiger partial charge < -0.3 is 5.09 Å². The summed E-state index contributed by atoms with van der Waals surface area (Å²) in [7, 11) is -0.349.